The number of carbonyl (C=O) groups excluding carboxylic acids is 2. The van der Waals surface area contributed by atoms with Gasteiger partial charge in [-0.1, -0.05) is 30.3 Å². The van der Waals surface area contributed by atoms with E-state index >= 15 is 0 Å². The number of amides is 2. The molecule has 1 aliphatic heterocycles. The zero-order valence-electron chi connectivity index (χ0n) is 16.0. The Kier molecular flexibility index (Phi) is 5.22. The van der Waals surface area contributed by atoms with E-state index in [0.29, 0.717) is 11.1 Å². The van der Waals surface area contributed by atoms with Crippen LogP contribution >= 0.6 is 0 Å². The number of fused-ring (bicyclic) bond motifs is 1. The summed E-state index contributed by atoms with van der Waals surface area (Å²) >= 11 is 0. The van der Waals surface area contributed by atoms with Gasteiger partial charge in [0.05, 0.1) is 29.8 Å². The fourth-order valence-corrected chi connectivity index (χ4v) is 3.51. The molecule has 0 unspecified atom stereocenters. The Balaban J connectivity index is 1.56. The maximum Gasteiger partial charge on any atom is 0.416 e. The Morgan fingerprint density at radius 3 is 2.42 bits per heavy atom. The largest absolute Gasteiger partial charge is 0.416 e. The second kappa shape index (κ2) is 7.86. The molecule has 8 heteroatoms. The molecular formula is C23H16F4N2O2. The van der Waals surface area contributed by atoms with Gasteiger partial charge in [-0.2, -0.15) is 13.2 Å². The summed E-state index contributed by atoms with van der Waals surface area (Å²) in [7, 11) is 0. The molecule has 0 fully saturated rings. The Bertz CT molecular complexity index is 1160. The first-order chi connectivity index (χ1) is 14.7. The standard InChI is InChI=1S/C23H16F4N2O2/c24-17-9-7-14(8-10-17)11-20(30)28-19-6-1-3-15-13-29(22(31)21(15)19)18-5-2-4-16(12-18)23(25,26)27/h1-10,12H,11,13H2,(H,28,30). The van der Waals surface area contributed by atoms with E-state index in [4.69, 9.17) is 0 Å². The van der Waals surface area contributed by atoms with Gasteiger partial charge in [0.15, 0.2) is 0 Å². The number of anilines is 2. The van der Waals surface area contributed by atoms with Crippen LogP contribution in [0, 0.1) is 5.82 Å². The lowest BCUT2D eigenvalue weighted by atomic mass is 10.1. The van der Waals surface area contributed by atoms with Crippen molar-refractivity contribution in [1.82, 2.24) is 0 Å². The molecule has 3 aromatic carbocycles. The minimum Gasteiger partial charge on any atom is -0.325 e. The first kappa shape index (κ1) is 20.6. The lowest BCUT2D eigenvalue weighted by Crippen LogP contribution is -2.24. The zero-order valence-corrected chi connectivity index (χ0v) is 16.0. The third kappa shape index (κ3) is 4.28. The van der Waals surface area contributed by atoms with Crippen LogP contribution in [0.15, 0.2) is 66.7 Å². The Morgan fingerprint density at radius 1 is 1.00 bits per heavy atom. The number of nitrogens with one attached hydrogen (secondary N) is 1. The normalized spacial score (nSPS) is 13.3. The first-order valence-corrected chi connectivity index (χ1v) is 9.38. The minimum absolute atomic E-state index is 0.0184. The van der Waals surface area contributed by atoms with Gasteiger partial charge in [0.2, 0.25) is 5.91 Å². The second-order valence-electron chi connectivity index (χ2n) is 7.13. The smallest absolute Gasteiger partial charge is 0.325 e. The summed E-state index contributed by atoms with van der Waals surface area (Å²) in [4.78, 5) is 26.7. The van der Waals surface area contributed by atoms with Gasteiger partial charge in [0.25, 0.3) is 5.91 Å². The third-order valence-corrected chi connectivity index (χ3v) is 4.98. The van der Waals surface area contributed by atoms with E-state index in [1.165, 1.54) is 41.3 Å². The van der Waals surface area contributed by atoms with Crippen molar-refractivity contribution in [2.75, 3.05) is 10.2 Å². The maximum atomic E-state index is 13.1. The van der Waals surface area contributed by atoms with Crippen LogP contribution in [0.25, 0.3) is 0 Å². The van der Waals surface area contributed by atoms with Crippen LogP contribution in [0.2, 0.25) is 0 Å². The number of rotatable bonds is 4. The number of hydrogen-bond donors (Lipinski definition) is 1. The molecule has 1 N–H and O–H groups in total. The van der Waals surface area contributed by atoms with Crippen molar-refractivity contribution in [3.8, 4) is 0 Å². The van der Waals surface area contributed by atoms with Crippen LogP contribution in [0.4, 0.5) is 28.9 Å². The van der Waals surface area contributed by atoms with Gasteiger partial charge < -0.3 is 10.2 Å². The highest BCUT2D eigenvalue weighted by Crippen LogP contribution is 2.36. The molecule has 0 spiro atoms. The van der Waals surface area contributed by atoms with Gasteiger partial charge in [-0.3, -0.25) is 9.59 Å². The van der Waals surface area contributed by atoms with Gasteiger partial charge in [-0.05, 0) is 47.5 Å². The molecule has 4 rings (SSSR count). The van der Waals surface area contributed by atoms with Crippen molar-refractivity contribution in [1.29, 1.82) is 0 Å². The highest BCUT2D eigenvalue weighted by atomic mass is 19.4. The fraction of sp³-hybridized carbons (Fsp3) is 0.130. The molecule has 158 valence electrons. The zero-order chi connectivity index (χ0) is 22.2. The van der Waals surface area contributed by atoms with Crippen molar-refractivity contribution in [2.24, 2.45) is 0 Å². The molecule has 3 aromatic rings. The van der Waals surface area contributed by atoms with E-state index in [2.05, 4.69) is 5.32 Å². The van der Waals surface area contributed by atoms with Crippen molar-refractivity contribution in [2.45, 2.75) is 19.1 Å². The predicted octanol–water partition coefficient (Wildman–Crippen LogP) is 5.19. The first-order valence-electron chi connectivity index (χ1n) is 9.38. The molecule has 0 aromatic heterocycles. The fourth-order valence-electron chi connectivity index (χ4n) is 3.51. The molecule has 0 atom stereocenters. The number of benzene rings is 3. The van der Waals surface area contributed by atoms with Crippen LogP contribution < -0.4 is 10.2 Å². The molecule has 1 heterocycles. The van der Waals surface area contributed by atoms with Gasteiger partial charge in [0.1, 0.15) is 5.82 Å². The number of carbonyl (C=O) groups is 2. The minimum atomic E-state index is -4.52. The van der Waals surface area contributed by atoms with E-state index < -0.39 is 29.4 Å². The average molecular weight is 428 g/mol. The SMILES string of the molecule is O=C(Cc1ccc(F)cc1)Nc1cccc2c1C(=O)N(c1cccc(C(F)(F)F)c1)C2. The Morgan fingerprint density at radius 2 is 1.71 bits per heavy atom. The summed E-state index contributed by atoms with van der Waals surface area (Å²) in [6.45, 7) is 0.0944. The molecule has 2 amide bonds. The third-order valence-electron chi connectivity index (χ3n) is 4.98. The van der Waals surface area contributed by atoms with Crippen molar-refractivity contribution in [3.63, 3.8) is 0 Å². The highest BCUT2D eigenvalue weighted by Gasteiger charge is 2.34. The summed E-state index contributed by atoms with van der Waals surface area (Å²) in [5.74, 6) is -1.30. The summed E-state index contributed by atoms with van der Waals surface area (Å²) in [5, 5.41) is 2.68. The van der Waals surface area contributed by atoms with E-state index in [0.717, 1.165) is 12.1 Å². The number of nitrogens with zero attached hydrogens (tertiary/aromatic N) is 1. The van der Waals surface area contributed by atoms with Crippen molar-refractivity contribution < 1.29 is 27.2 Å². The Hall–Kier alpha value is -3.68. The maximum absolute atomic E-state index is 13.1. The van der Waals surface area contributed by atoms with Crippen molar-refractivity contribution >= 4 is 23.2 Å². The topological polar surface area (TPSA) is 49.4 Å². The molecule has 0 radical (unpaired) electrons. The monoisotopic (exact) mass is 428 g/mol. The quantitative estimate of drug-likeness (QED) is 0.582. The van der Waals surface area contributed by atoms with Crippen LogP contribution in [0.3, 0.4) is 0 Å². The van der Waals surface area contributed by atoms with Gasteiger partial charge >= 0.3 is 6.18 Å². The van der Waals surface area contributed by atoms with Crippen LogP contribution in [0.1, 0.15) is 27.0 Å². The molecule has 1 aliphatic rings. The van der Waals surface area contributed by atoms with Crippen LogP contribution in [-0.4, -0.2) is 11.8 Å². The van der Waals surface area contributed by atoms with Crippen LogP contribution in [-0.2, 0) is 23.9 Å². The molecule has 0 saturated carbocycles. The lowest BCUT2D eigenvalue weighted by Gasteiger charge is -2.18. The number of halogens is 4. The molecule has 31 heavy (non-hydrogen) atoms. The van der Waals surface area contributed by atoms with Crippen molar-refractivity contribution in [3.05, 3.63) is 94.8 Å². The van der Waals surface area contributed by atoms with E-state index in [1.807, 2.05) is 0 Å². The Labute approximate surface area is 175 Å². The number of hydrogen-bond acceptors (Lipinski definition) is 2. The molecule has 0 aliphatic carbocycles. The lowest BCUT2D eigenvalue weighted by molar-refractivity contribution is -0.137. The molecule has 4 nitrogen and oxygen atoms in total. The van der Waals surface area contributed by atoms with Gasteiger partial charge in [-0.15, -0.1) is 0 Å². The summed E-state index contributed by atoms with van der Waals surface area (Å²) < 4.78 is 52.2. The average Bonchev–Trinajstić information content (AvgIpc) is 3.07. The second-order valence-corrected chi connectivity index (χ2v) is 7.13. The molecule has 0 bridgehead atoms. The molecule has 0 saturated heterocycles. The summed E-state index contributed by atoms with van der Waals surface area (Å²) in [6.07, 6.45) is -4.54. The van der Waals surface area contributed by atoms with E-state index in [9.17, 15) is 27.2 Å². The predicted molar refractivity (Wildman–Crippen MR) is 107 cm³/mol. The highest BCUT2D eigenvalue weighted by molar-refractivity contribution is 6.15. The van der Waals surface area contributed by atoms with Crippen LogP contribution in [0.5, 0.6) is 0 Å². The van der Waals surface area contributed by atoms with E-state index in [1.54, 1.807) is 18.2 Å². The summed E-state index contributed by atoms with van der Waals surface area (Å²) in [5.41, 5.74) is 1.00. The summed E-state index contributed by atoms with van der Waals surface area (Å²) in [6, 6.07) is 15.0. The van der Waals surface area contributed by atoms with Gasteiger partial charge in [0, 0.05) is 5.69 Å². The number of alkyl halides is 3. The van der Waals surface area contributed by atoms with Gasteiger partial charge in [-0.25, -0.2) is 4.39 Å². The van der Waals surface area contributed by atoms with E-state index in [-0.39, 0.29) is 29.9 Å². The molecular weight excluding hydrogens is 412 g/mol.